The summed E-state index contributed by atoms with van der Waals surface area (Å²) in [5, 5.41) is 11.9. The number of carbonyl (C=O) groups is 1. The zero-order valence-electron chi connectivity index (χ0n) is 9.99. The summed E-state index contributed by atoms with van der Waals surface area (Å²) >= 11 is 2.08. The van der Waals surface area contributed by atoms with Crippen molar-refractivity contribution in [1.29, 1.82) is 0 Å². The third kappa shape index (κ3) is 2.00. The molecule has 3 fully saturated rings. The van der Waals surface area contributed by atoms with E-state index in [1.807, 2.05) is 6.92 Å². The van der Waals surface area contributed by atoms with Gasteiger partial charge in [-0.2, -0.15) is 5.06 Å². The number of hydroxylamine groups is 2. The van der Waals surface area contributed by atoms with Gasteiger partial charge < -0.3 is 9.94 Å². The van der Waals surface area contributed by atoms with Gasteiger partial charge >= 0.3 is 5.97 Å². The summed E-state index contributed by atoms with van der Waals surface area (Å²) < 4.78 is 5.48. The predicted molar refractivity (Wildman–Crippen MR) is 70.2 cm³/mol. The Labute approximate surface area is 115 Å². The Kier molecular flexibility index (Phi) is 2.72. The quantitative estimate of drug-likeness (QED) is 0.471. The molecule has 2 spiro atoms. The first-order chi connectivity index (χ1) is 7.97. The molecule has 2 saturated carbocycles. The molecule has 1 atom stereocenters. The van der Waals surface area contributed by atoms with Crippen LogP contribution in [0.3, 0.4) is 0 Å². The summed E-state index contributed by atoms with van der Waals surface area (Å²) in [6, 6.07) is 0. The second-order valence-electron chi connectivity index (χ2n) is 5.84. The van der Waals surface area contributed by atoms with Gasteiger partial charge in [-0.3, -0.25) is 4.79 Å². The summed E-state index contributed by atoms with van der Waals surface area (Å²) in [4.78, 5) is 11.6. The highest BCUT2D eigenvalue weighted by molar-refractivity contribution is 14.1. The lowest BCUT2D eigenvalue weighted by Crippen LogP contribution is -2.53. The van der Waals surface area contributed by atoms with Crippen molar-refractivity contribution in [1.82, 2.24) is 5.06 Å². The number of piperidine rings is 1. The van der Waals surface area contributed by atoms with Crippen LogP contribution in [-0.2, 0) is 9.53 Å². The molecule has 17 heavy (non-hydrogen) atoms. The highest BCUT2D eigenvalue weighted by Crippen LogP contribution is 2.60. The van der Waals surface area contributed by atoms with E-state index in [-0.39, 0.29) is 27.1 Å². The monoisotopic (exact) mass is 351 g/mol. The molecule has 0 bridgehead atoms. The molecule has 96 valence electrons. The minimum absolute atomic E-state index is 0.00751. The van der Waals surface area contributed by atoms with E-state index >= 15 is 0 Å². The fourth-order valence-corrected chi connectivity index (χ4v) is 3.20. The number of alkyl halides is 1. The molecule has 5 heteroatoms. The average Bonchev–Trinajstić information content (AvgIpc) is 3.14. The van der Waals surface area contributed by atoms with Crippen LogP contribution in [0.5, 0.6) is 0 Å². The molecule has 1 unspecified atom stereocenters. The minimum Gasteiger partial charge on any atom is -0.461 e. The second kappa shape index (κ2) is 3.81. The predicted octanol–water partition coefficient (Wildman–Crippen LogP) is 2.27. The highest BCUT2D eigenvalue weighted by atomic mass is 127. The summed E-state index contributed by atoms with van der Waals surface area (Å²) in [6.45, 7) is 1.85. The first-order valence-corrected chi connectivity index (χ1v) is 7.56. The Bertz CT molecular complexity index is 328. The Morgan fingerprint density at radius 3 is 2.18 bits per heavy atom. The fourth-order valence-electron chi connectivity index (χ4n) is 3.06. The van der Waals surface area contributed by atoms with E-state index in [0.717, 1.165) is 38.5 Å². The van der Waals surface area contributed by atoms with Crippen LogP contribution in [0, 0.1) is 0 Å². The molecule has 1 saturated heterocycles. The van der Waals surface area contributed by atoms with E-state index in [1.54, 1.807) is 5.06 Å². The summed E-state index contributed by atoms with van der Waals surface area (Å²) in [7, 11) is 0. The standard InChI is InChI=1S/C12H18INO3/c1-8(13)10(15)17-9-6-11(2-3-11)14(16)12(7-9)4-5-12/h8-9,16H,2-7H2,1H3. The van der Waals surface area contributed by atoms with Gasteiger partial charge in [-0.1, -0.05) is 22.6 Å². The Morgan fingerprint density at radius 2 is 1.82 bits per heavy atom. The smallest absolute Gasteiger partial charge is 0.318 e. The molecular formula is C12H18INO3. The number of rotatable bonds is 2. The molecule has 0 radical (unpaired) electrons. The molecular weight excluding hydrogens is 333 g/mol. The van der Waals surface area contributed by atoms with Gasteiger partial charge in [0.15, 0.2) is 0 Å². The normalized spacial score (nSPS) is 34.6. The number of hydrogen-bond acceptors (Lipinski definition) is 4. The zero-order valence-corrected chi connectivity index (χ0v) is 12.1. The van der Waals surface area contributed by atoms with Crippen molar-refractivity contribution in [2.45, 2.75) is 66.6 Å². The van der Waals surface area contributed by atoms with Crippen LogP contribution in [0.1, 0.15) is 45.4 Å². The van der Waals surface area contributed by atoms with Gasteiger partial charge in [0, 0.05) is 12.8 Å². The number of nitrogens with zero attached hydrogens (tertiary/aromatic N) is 1. The molecule has 0 aromatic carbocycles. The van der Waals surface area contributed by atoms with Gasteiger partial charge in [0.1, 0.15) is 10.0 Å². The van der Waals surface area contributed by atoms with Gasteiger partial charge in [0.25, 0.3) is 0 Å². The molecule has 0 aromatic heterocycles. The van der Waals surface area contributed by atoms with Gasteiger partial charge in [0.2, 0.25) is 0 Å². The SMILES string of the molecule is CC(I)C(=O)OC1CC2(CC2)N(O)C2(CC2)C1. The van der Waals surface area contributed by atoms with E-state index in [1.165, 1.54) is 0 Å². The fraction of sp³-hybridized carbons (Fsp3) is 0.917. The number of esters is 1. The van der Waals surface area contributed by atoms with Crippen molar-refractivity contribution in [3.8, 4) is 0 Å². The molecule has 0 amide bonds. The molecule has 3 aliphatic rings. The summed E-state index contributed by atoms with van der Waals surface area (Å²) in [5.74, 6) is -0.117. The van der Waals surface area contributed by atoms with Crippen LogP contribution in [0.15, 0.2) is 0 Å². The van der Waals surface area contributed by atoms with Crippen molar-refractivity contribution in [3.63, 3.8) is 0 Å². The molecule has 2 aliphatic carbocycles. The third-order valence-electron chi connectivity index (χ3n) is 4.38. The number of halogens is 1. The number of carbonyl (C=O) groups excluding carboxylic acids is 1. The second-order valence-corrected chi connectivity index (χ2v) is 7.71. The zero-order chi connectivity index (χ0) is 12.3. The van der Waals surface area contributed by atoms with Crippen LogP contribution in [0.2, 0.25) is 0 Å². The Hall–Kier alpha value is 0.120. The highest BCUT2D eigenvalue weighted by Gasteiger charge is 2.65. The van der Waals surface area contributed by atoms with E-state index in [0.29, 0.717) is 0 Å². The maximum absolute atomic E-state index is 11.6. The Morgan fingerprint density at radius 1 is 1.35 bits per heavy atom. The first kappa shape index (κ1) is 12.2. The van der Waals surface area contributed by atoms with Gasteiger partial charge in [-0.15, -0.1) is 0 Å². The van der Waals surface area contributed by atoms with Crippen LogP contribution in [-0.4, -0.2) is 37.3 Å². The lowest BCUT2D eigenvalue weighted by molar-refractivity contribution is -0.221. The van der Waals surface area contributed by atoms with Crippen molar-refractivity contribution in [2.24, 2.45) is 0 Å². The van der Waals surface area contributed by atoms with Gasteiger partial charge in [-0.25, -0.2) is 0 Å². The molecule has 4 nitrogen and oxygen atoms in total. The van der Waals surface area contributed by atoms with Crippen molar-refractivity contribution in [3.05, 3.63) is 0 Å². The van der Waals surface area contributed by atoms with E-state index in [9.17, 15) is 10.0 Å². The maximum Gasteiger partial charge on any atom is 0.318 e. The number of hydrogen-bond donors (Lipinski definition) is 1. The topological polar surface area (TPSA) is 49.8 Å². The van der Waals surface area contributed by atoms with Crippen molar-refractivity contribution < 1.29 is 14.7 Å². The van der Waals surface area contributed by atoms with Crippen molar-refractivity contribution >= 4 is 28.6 Å². The largest absolute Gasteiger partial charge is 0.461 e. The van der Waals surface area contributed by atoms with Crippen LogP contribution in [0.4, 0.5) is 0 Å². The third-order valence-corrected chi connectivity index (χ3v) is 4.88. The maximum atomic E-state index is 11.6. The summed E-state index contributed by atoms with van der Waals surface area (Å²) in [5.41, 5.74) is -0.123. The molecule has 0 aromatic rings. The number of ether oxygens (including phenoxy) is 1. The minimum atomic E-state index is -0.117. The van der Waals surface area contributed by atoms with Crippen LogP contribution in [0.25, 0.3) is 0 Å². The van der Waals surface area contributed by atoms with Crippen LogP contribution < -0.4 is 0 Å². The molecule has 1 N–H and O–H groups in total. The van der Waals surface area contributed by atoms with E-state index in [4.69, 9.17) is 4.74 Å². The lowest BCUT2D eigenvalue weighted by atomic mass is 9.91. The van der Waals surface area contributed by atoms with Gasteiger partial charge in [-0.05, 0) is 32.6 Å². The molecule has 1 heterocycles. The van der Waals surface area contributed by atoms with Gasteiger partial charge in [0.05, 0.1) is 11.1 Å². The molecule has 3 rings (SSSR count). The first-order valence-electron chi connectivity index (χ1n) is 6.31. The average molecular weight is 351 g/mol. The lowest BCUT2D eigenvalue weighted by Gasteiger charge is -2.42. The van der Waals surface area contributed by atoms with Crippen molar-refractivity contribution in [2.75, 3.05) is 0 Å². The molecule has 1 aliphatic heterocycles. The Balaban J connectivity index is 1.69. The van der Waals surface area contributed by atoms with E-state index in [2.05, 4.69) is 22.6 Å². The van der Waals surface area contributed by atoms with Crippen LogP contribution >= 0.6 is 22.6 Å². The van der Waals surface area contributed by atoms with E-state index < -0.39 is 0 Å². The summed E-state index contributed by atoms with van der Waals surface area (Å²) in [6.07, 6.45) is 5.78.